The van der Waals surface area contributed by atoms with Gasteiger partial charge in [-0.3, -0.25) is 4.79 Å². The monoisotopic (exact) mass is 523 g/mol. The van der Waals surface area contributed by atoms with E-state index in [0.717, 1.165) is 13.1 Å². The summed E-state index contributed by atoms with van der Waals surface area (Å²) in [5, 5.41) is 20.8. The highest BCUT2D eigenvalue weighted by atomic mass is 32.2. The van der Waals surface area contributed by atoms with Gasteiger partial charge in [-0.15, -0.1) is 0 Å². The molecule has 3 rings (SSSR count). The molecule has 1 aliphatic rings. The van der Waals surface area contributed by atoms with Crippen molar-refractivity contribution >= 4 is 21.8 Å². The predicted octanol–water partition coefficient (Wildman–Crippen LogP) is 4.71. The van der Waals surface area contributed by atoms with E-state index in [1.165, 1.54) is 30.3 Å². The lowest BCUT2D eigenvalue weighted by molar-refractivity contribution is 0.0664. The summed E-state index contributed by atoms with van der Waals surface area (Å²) in [5.74, 6) is 0.0423. The maximum Gasteiger partial charge on any atom is 0.253 e. The van der Waals surface area contributed by atoms with Crippen molar-refractivity contribution in [3.05, 3.63) is 63.6 Å². The number of rotatable bonds is 4. The number of amides is 1. The van der Waals surface area contributed by atoms with Gasteiger partial charge in [0.15, 0.2) is 0 Å². The molecule has 0 aromatic heterocycles. The standard InChI is InChI=1S/C29H37N3O4S/c1-28(2,3)24-17-20(18-25(26(24)33)29(4,5)6)16-23(19-30)37(35,36)22-10-8-21(9-11-22)27(34)32-14-12-31(7)13-15-32/h8-11,16-18,33H,12-15H2,1-7H3. The fourth-order valence-corrected chi connectivity index (χ4v) is 5.46. The Balaban J connectivity index is 1.99. The van der Waals surface area contributed by atoms with Gasteiger partial charge in [-0.2, -0.15) is 5.26 Å². The molecule has 2 aromatic carbocycles. The molecule has 37 heavy (non-hydrogen) atoms. The van der Waals surface area contributed by atoms with Crippen LogP contribution in [0.1, 0.15) is 68.6 Å². The summed E-state index contributed by atoms with van der Waals surface area (Å²) < 4.78 is 26.8. The highest BCUT2D eigenvalue weighted by Gasteiger charge is 2.28. The topological polar surface area (TPSA) is 102 Å². The SMILES string of the molecule is CN1CCN(C(=O)c2ccc(S(=O)(=O)C(C#N)=Cc3cc(C(C)(C)C)c(O)c(C(C)(C)C)c3)cc2)CC1. The van der Waals surface area contributed by atoms with Crippen LogP contribution in [0.15, 0.2) is 46.2 Å². The first-order valence-electron chi connectivity index (χ1n) is 12.4. The molecular formula is C29H37N3O4S. The van der Waals surface area contributed by atoms with Crippen LogP contribution in [0, 0.1) is 11.3 Å². The van der Waals surface area contributed by atoms with Crippen LogP contribution in [-0.2, 0) is 20.7 Å². The van der Waals surface area contributed by atoms with Gasteiger partial charge >= 0.3 is 0 Å². The van der Waals surface area contributed by atoms with E-state index < -0.39 is 25.6 Å². The van der Waals surface area contributed by atoms with Crippen LogP contribution in [0.25, 0.3) is 6.08 Å². The van der Waals surface area contributed by atoms with E-state index in [1.807, 2.05) is 54.7 Å². The largest absolute Gasteiger partial charge is 0.507 e. The van der Waals surface area contributed by atoms with Crippen LogP contribution in [0.3, 0.4) is 0 Å². The quantitative estimate of drug-likeness (QED) is 0.582. The van der Waals surface area contributed by atoms with Gasteiger partial charge in [-0.25, -0.2) is 8.42 Å². The van der Waals surface area contributed by atoms with Gasteiger partial charge < -0.3 is 14.9 Å². The van der Waals surface area contributed by atoms with E-state index in [1.54, 1.807) is 17.0 Å². The number of piperazine rings is 1. The van der Waals surface area contributed by atoms with Gasteiger partial charge in [0.1, 0.15) is 16.7 Å². The third-order valence-corrected chi connectivity index (χ3v) is 8.33. The van der Waals surface area contributed by atoms with Gasteiger partial charge in [0.25, 0.3) is 5.91 Å². The molecule has 0 aliphatic carbocycles. The number of hydrogen-bond donors (Lipinski definition) is 1. The molecule has 0 spiro atoms. The average molecular weight is 524 g/mol. The van der Waals surface area contributed by atoms with E-state index in [-0.39, 0.29) is 16.6 Å². The average Bonchev–Trinajstić information content (AvgIpc) is 2.81. The Kier molecular flexibility index (Phi) is 7.92. The molecule has 2 aromatic rings. The Morgan fingerprint density at radius 3 is 1.86 bits per heavy atom. The van der Waals surface area contributed by atoms with E-state index in [0.29, 0.717) is 35.3 Å². The maximum absolute atomic E-state index is 13.4. The lowest BCUT2D eigenvalue weighted by Crippen LogP contribution is -2.47. The minimum Gasteiger partial charge on any atom is -0.507 e. The van der Waals surface area contributed by atoms with Crippen LogP contribution in [0.2, 0.25) is 0 Å². The minimum atomic E-state index is -4.12. The molecule has 8 heteroatoms. The number of carbonyl (C=O) groups is 1. The number of aromatic hydroxyl groups is 1. The zero-order valence-electron chi connectivity index (χ0n) is 22.8. The zero-order chi connectivity index (χ0) is 27.8. The fraction of sp³-hybridized carbons (Fsp3) is 0.448. The number of carbonyl (C=O) groups excluding carboxylic acids is 1. The van der Waals surface area contributed by atoms with Crippen molar-refractivity contribution in [2.24, 2.45) is 0 Å². The number of likely N-dealkylation sites (N-methyl/N-ethyl adjacent to an activating group) is 1. The summed E-state index contributed by atoms with van der Waals surface area (Å²) in [7, 11) is -2.12. The van der Waals surface area contributed by atoms with Crippen LogP contribution in [0.5, 0.6) is 5.75 Å². The van der Waals surface area contributed by atoms with Crippen molar-refractivity contribution in [1.82, 2.24) is 9.80 Å². The number of hydrogen-bond acceptors (Lipinski definition) is 6. The van der Waals surface area contributed by atoms with Gasteiger partial charge in [0.2, 0.25) is 9.84 Å². The van der Waals surface area contributed by atoms with E-state index in [9.17, 15) is 23.6 Å². The minimum absolute atomic E-state index is 0.0545. The number of benzene rings is 2. The molecule has 1 saturated heterocycles. The maximum atomic E-state index is 13.4. The van der Waals surface area contributed by atoms with Gasteiger partial charge in [0, 0.05) is 42.9 Å². The number of nitrogens with zero attached hydrogens (tertiary/aromatic N) is 3. The zero-order valence-corrected chi connectivity index (χ0v) is 23.6. The number of sulfone groups is 1. The highest BCUT2D eigenvalue weighted by molar-refractivity contribution is 7.95. The molecule has 1 aliphatic heterocycles. The fourth-order valence-electron chi connectivity index (χ4n) is 4.30. The van der Waals surface area contributed by atoms with Gasteiger partial charge in [0.05, 0.1) is 4.90 Å². The van der Waals surface area contributed by atoms with Crippen molar-refractivity contribution in [2.45, 2.75) is 57.3 Å². The number of phenols is 1. The van der Waals surface area contributed by atoms with Crippen molar-refractivity contribution in [3.63, 3.8) is 0 Å². The third-order valence-electron chi connectivity index (χ3n) is 6.65. The Morgan fingerprint density at radius 1 is 0.946 bits per heavy atom. The van der Waals surface area contributed by atoms with Gasteiger partial charge in [-0.1, -0.05) is 41.5 Å². The third kappa shape index (κ3) is 6.23. The van der Waals surface area contributed by atoms with Crippen LogP contribution < -0.4 is 0 Å². The van der Waals surface area contributed by atoms with Crippen LogP contribution in [0.4, 0.5) is 0 Å². The summed E-state index contributed by atoms with van der Waals surface area (Å²) in [6, 6.07) is 11.1. The Labute approximate surface area is 220 Å². The van der Waals surface area contributed by atoms with E-state index in [2.05, 4.69) is 4.90 Å². The molecule has 198 valence electrons. The first kappa shape index (κ1) is 28.4. The van der Waals surface area contributed by atoms with Crippen molar-refractivity contribution in [2.75, 3.05) is 33.2 Å². The molecule has 1 amide bonds. The van der Waals surface area contributed by atoms with Crippen molar-refractivity contribution in [1.29, 1.82) is 5.26 Å². The second-order valence-corrected chi connectivity index (χ2v) is 13.6. The summed E-state index contributed by atoms with van der Waals surface area (Å²) >= 11 is 0. The summed E-state index contributed by atoms with van der Waals surface area (Å²) in [5.41, 5.74) is 1.49. The van der Waals surface area contributed by atoms with Gasteiger partial charge in [-0.05, 0) is 65.9 Å². The molecule has 7 nitrogen and oxygen atoms in total. The Bertz CT molecular complexity index is 1310. The molecule has 0 unspecified atom stereocenters. The first-order chi connectivity index (χ1) is 17.1. The lowest BCUT2D eigenvalue weighted by Gasteiger charge is -2.32. The van der Waals surface area contributed by atoms with Crippen LogP contribution >= 0.6 is 0 Å². The molecule has 0 radical (unpaired) electrons. The molecule has 1 N–H and O–H groups in total. The summed E-state index contributed by atoms with van der Waals surface area (Å²) in [6.07, 6.45) is 1.35. The Hall–Kier alpha value is -3.15. The van der Waals surface area contributed by atoms with E-state index in [4.69, 9.17) is 0 Å². The predicted molar refractivity (Wildman–Crippen MR) is 146 cm³/mol. The lowest BCUT2D eigenvalue weighted by atomic mass is 9.78. The molecular weight excluding hydrogens is 486 g/mol. The highest BCUT2D eigenvalue weighted by Crippen LogP contribution is 2.40. The summed E-state index contributed by atoms with van der Waals surface area (Å²) in [4.78, 5) is 16.3. The first-order valence-corrected chi connectivity index (χ1v) is 13.9. The smallest absolute Gasteiger partial charge is 0.253 e. The molecule has 0 saturated carbocycles. The Morgan fingerprint density at radius 2 is 1.43 bits per heavy atom. The van der Waals surface area contributed by atoms with Crippen molar-refractivity contribution < 1.29 is 18.3 Å². The van der Waals surface area contributed by atoms with E-state index >= 15 is 0 Å². The molecule has 0 bridgehead atoms. The number of phenolic OH excluding ortho intramolecular Hbond substituents is 1. The molecule has 1 fully saturated rings. The summed E-state index contributed by atoms with van der Waals surface area (Å²) in [6.45, 7) is 14.6. The molecule has 0 atom stereocenters. The van der Waals surface area contributed by atoms with Crippen LogP contribution in [-0.4, -0.2) is 62.5 Å². The normalized spacial score (nSPS) is 15.9. The van der Waals surface area contributed by atoms with Crippen molar-refractivity contribution in [3.8, 4) is 11.8 Å². The second kappa shape index (κ2) is 10.3. The number of nitriles is 1. The number of allylic oxidation sites excluding steroid dienone is 1. The molecule has 1 heterocycles. The second-order valence-electron chi connectivity index (χ2n) is 11.7.